The minimum Gasteiger partial charge on any atom is -0.303 e. The highest BCUT2D eigenvalue weighted by Gasteiger charge is 2.10. The number of hydroxylamine groups is 1. The molecular weight excluding hydrogens is 106 g/mol. The molecular formula is C5H9NO2. The third kappa shape index (κ3) is 1.28. The number of hydrogen-bond donors (Lipinski definition) is 1. The fraction of sp³-hybridized carbons (Fsp3) is 0.800. The van der Waals surface area contributed by atoms with E-state index in [1.165, 1.54) is 0 Å². The lowest BCUT2D eigenvalue weighted by atomic mass is 10.1. The summed E-state index contributed by atoms with van der Waals surface area (Å²) in [5.41, 5.74) is 2.65. The number of hydrogen-bond acceptors (Lipinski definition) is 3. The van der Waals surface area contributed by atoms with Crippen LogP contribution in [0.5, 0.6) is 0 Å². The van der Waals surface area contributed by atoms with Crippen LogP contribution in [0.4, 0.5) is 0 Å². The van der Waals surface area contributed by atoms with Crippen molar-refractivity contribution >= 4 is 6.29 Å². The molecule has 0 spiro atoms. The Bertz CT molecular complexity index is 78.5. The van der Waals surface area contributed by atoms with Gasteiger partial charge in [0.1, 0.15) is 6.29 Å². The van der Waals surface area contributed by atoms with E-state index < -0.39 is 0 Å². The Morgan fingerprint density at radius 2 is 2.62 bits per heavy atom. The monoisotopic (exact) mass is 115 g/mol. The SMILES string of the molecule is O=CC1CCONC1. The van der Waals surface area contributed by atoms with Gasteiger partial charge in [-0.3, -0.25) is 0 Å². The van der Waals surface area contributed by atoms with Crippen LogP contribution in [-0.2, 0) is 9.63 Å². The first-order valence-corrected chi connectivity index (χ1v) is 2.73. The van der Waals surface area contributed by atoms with Crippen LogP contribution in [0.25, 0.3) is 0 Å². The zero-order valence-electron chi connectivity index (χ0n) is 4.59. The molecule has 1 N–H and O–H groups in total. The predicted molar refractivity (Wildman–Crippen MR) is 28.1 cm³/mol. The van der Waals surface area contributed by atoms with E-state index in [1.54, 1.807) is 0 Å². The van der Waals surface area contributed by atoms with Gasteiger partial charge in [0.15, 0.2) is 0 Å². The van der Waals surface area contributed by atoms with Crippen LogP contribution in [0.1, 0.15) is 6.42 Å². The summed E-state index contributed by atoms with van der Waals surface area (Å²) in [7, 11) is 0. The van der Waals surface area contributed by atoms with Gasteiger partial charge in [0.2, 0.25) is 0 Å². The maximum Gasteiger partial charge on any atom is 0.124 e. The second kappa shape index (κ2) is 2.79. The molecule has 0 bridgehead atoms. The standard InChI is InChI=1S/C5H9NO2/c7-4-5-1-2-8-6-3-5/h4-6H,1-3H2. The first-order valence-electron chi connectivity index (χ1n) is 2.73. The van der Waals surface area contributed by atoms with E-state index in [9.17, 15) is 4.79 Å². The Kier molecular flexibility index (Phi) is 2.00. The van der Waals surface area contributed by atoms with E-state index >= 15 is 0 Å². The molecule has 1 heterocycles. The van der Waals surface area contributed by atoms with Crippen LogP contribution >= 0.6 is 0 Å². The van der Waals surface area contributed by atoms with Crippen LogP contribution < -0.4 is 5.48 Å². The summed E-state index contributed by atoms with van der Waals surface area (Å²) >= 11 is 0. The van der Waals surface area contributed by atoms with E-state index in [4.69, 9.17) is 4.84 Å². The van der Waals surface area contributed by atoms with Crippen LogP contribution in [0.3, 0.4) is 0 Å². The molecule has 1 fully saturated rings. The molecule has 0 saturated carbocycles. The third-order valence-electron chi connectivity index (χ3n) is 1.23. The van der Waals surface area contributed by atoms with Gasteiger partial charge in [-0.25, -0.2) is 5.48 Å². The highest BCUT2D eigenvalue weighted by atomic mass is 16.6. The largest absolute Gasteiger partial charge is 0.303 e. The third-order valence-corrected chi connectivity index (χ3v) is 1.23. The molecule has 8 heavy (non-hydrogen) atoms. The normalized spacial score (nSPS) is 29.8. The van der Waals surface area contributed by atoms with Crippen molar-refractivity contribution < 1.29 is 9.63 Å². The van der Waals surface area contributed by atoms with Crippen molar-refractivity contribution in [3.63, 3.8) is 0 Å². The Labute approximate surface area is 48.0 Å². The molecule has 0 amide bonds. The van der Waals surface area contributed by atoms with E-state index in [2.05, 4.69) is 5.48 Å². The predicted octanol–water partition coefficient (Wildman–Crippen LogP) is -0.274. The molecule has 0 aromatic heterocycles. The van der Waals surface area contributed by atoms with Gasteiger partial charge >= 0.3 is 0 Å². The molecule has 1 aliphatic heterocycles. The Morgan fingerprint density at radius 3 is 3.00 bits per heavy atom. The van der Waals surface area contributed by atoms with Gasteiger partial charge in [-0.15, -0.1) is 0 Å². The molecule has 3 nitrogen and oxygen atoms in total. The molecule has 1 unspecified atom stereocenters. The maximum absolute atomic E-state index is 10.1. The zero-order valence-corrected chi connectivity index (χ0v) is 4.59. The topological polar surface area (TPSA) is 38.3 Å². The summed E-state index contributed by atoms with van der Waals surface area (Å²) in [5, 5.41) is 0. The van der Waals surface area contributed by atoms with Crippen molar-refractivity contribution in [3.8, 4) is 0 Å². The lowest BCUT2D eigenvalue weighted by Gasteiger charge is -2.16. The van der Waals surface area contributed by atoms with Gasteiger partial charge in [-0.1, -0.05) is 0 Å². The van der Waals surface area contributed by atoms with E-state index in [1.807, 2.05) is 0 Å². The second-order valence-electron chi connectivity index (χ2n) is 1.88. The number of carbonyl (C=O) groups is 1. The smallest absolute Gasteiger partial charge is 0.124 e. The Balaban J connectivity index is 2.22. The lowest BCUT2D eigenvalue weighted by Crippen LogP contribution is -2.31. The maximum atomic E-state index is 10.1. The minimum atomic E-state index is 0.170. The number of carbonyl (C=O) groups excluding carboxylic acids is 1. The summed E-state index contributed by atoms with van der Waals surface area (Å²) in [6, 6.07) is 0. The average molecular weight is 115 g/mol. The molecule has 0 radical (unpaired) electrons. The van der Waals surface area contributed by atoms with Crippen molar-refractivity contribution in [2.24, 2.45) is 5.92 Å². The van der Waals surface area contributed by atoms with E-state index in [0.29, 0.717) is 13.2 Å². The summed E-state index contributed by atoms with van der Waals surface area (Å²) < 4.78 is 0. The highest BCUT2D eigenvalue weighted by Crippen LogP contribution is 2.01. The molecule has 1 rings (SSSR count). The molecule has 46 valence electrons. The van der Waals surface area contributed by atoms with Crippen molar-refractivity contribution in [2.45, 2.75) is 6.42 Å². The van der Waals surface area contributed by atoms with E-state index in [0.717, 1.165) is 12.7 Å². The number of nitrogens with one attached hydrogen (secondary N) is 1. The molecule has 1 saturated heterocycles. The first-order chi connectivity index (χ1) is 3.93. The highest BCUT2D eigenvalue weighted by molar-refractivity contribution is 5.53. The molecule has 1 aliphatic rings. The number of aldehydes is 1. The lowest BCUT2D eigenvalue weighted by molar-refractivity contribution is -0.115. The van der Waals surface area contributed by atoms with E-state index in [-0.39, 0.29) is 5.92 Å². The van der Waals surface area contributed by atoms with Gasteiger partial charge < -0.3 is 9.63 Å². The second-order valence-corrected chi connectivity index (χ2v) is 1.88. The zero-order chi connectivity index (χ0) is 5.82. The van der Waals surface area contributed by atoms with Gasteiger partial charge in [0.25, 0.3) is 0 Å². The van der Waals surface area contributed by atoms with Crippen LogP contribution in [0, 0.1) is 5.92 Å². The van der Waals surface area contributed by atoms with Gasteiger partial charge in [0.05, 0.1) is 6.61 Å². The molecule has 0 aliphatic carbocycles. The van der Waals surface area contributed by atoms with Crippen LogP contribution in [0.15, 0.2) is 0 Å². The van der Waals surface area contributed by atoms with Crippen LogP contribution in [-0.4, -0.2) is 19.4 Å². The summed E-state index contributed by atoms with van der Waals surface area (Å²) in [6.07, 6.45) is 1.83. The van der Waals surface area contributed by atoms with Crippen molar-refractivity contribution in [1.82, 2.24) is 5.48 Å². The minimum absolute atomic E-state index is 0.170. The van der Waals surface area contributed by atoms with Gasteiger partial charge in [0, 0.05) is 12.5 Å². The van der Waals surface area contributed by atoms with Crippen molar-refractivity contribution in [3.05, 3.63) is 0 Å². The van der Waals surface area contributed by atoms with Gasteiger partial charge in [-0.2, -0.15) is 0 Å². The fourth-order valence-corrected chi connectivity index (χ4v) is 0.667. The quantitative estimate of drug-likeness (QED) is 0.478. The molecule has 0 aromatic carbocycles. The molecule has 1 atom stereocenters. The first kappa shape index (κ1) is 5.72. The fourth-order valence-electron chi connectivity index (χ4n) is 0.667. The van der Waals surface area contributed by atoms with Gasteiger partial charge in [-0.05, 0) is 6.42 Å². The molecule has 3 heteroatoms. The summed E-state index contributed by atoms with van der Waals surface area (Å²) in [5.74, 6) is 0.170. The van der Waals surface area contributed by atoms with Crippen molar-refractivity contribution in [1.29, 1.82) is 0 Å². The Morgan fingerprint density at radius 1 is 1.75 bits per heavy atom. The summed E-state index contributed by atoms with van der Waals surface area (Å²) in [6.45, 7) is 1.33. The molecule has 0 aromatic rings. The van der Waals surface area contributed by atoms with Crippen molar-refractivity contribution in [2.75, 3.05) is 13.2 Å². The Hall–Kier alpha value is -0.410. The average Bonchev–Trinajstić information content (AvgIpc) is 1.90. The summed E-state index contributed by atoms with van der Waals surface area (Å²) in [4.78, 5) is 14.9. The van der Waals surface area contributed by atoms with Crippen LogP contribution in [0.2, 0.25) is 0 Å². The number of rotatable bonds is 1.